The second-order valence-corrected chi connectivity index (χ2v) is 7.29. The van der Waals surface area contributed by atoms with Gasteiger partial charge in [0.25, 0.3) is 5.91 Å². The zero-order chi connectivity index (χ0) is 21.8. The lowest BCUT2D eigenvalue weighted by Crippen LogP contribution is -2.27. The number of ether oxygens (including phenoxy) is 2. The Kier molecular flexibility index (Phi) is 6.48. The zero-order valence-corrected chi connectivity index (χ0v) is 17.0. The van der Waals surface area contributed by atoms with Gasteiger partial charge in [-0.25, -0.2) is 4.79 Å². The van der Waals surface area contributed by atoms with Crippen molar-refractivity contribution in [3.8, 4) is 11.5 Å². The number of carbonyl (C=O) groups excluding carboxylic acids is 2. The summed E-state index contributed by atoms with van der Waals surface area (Å²) in [7, 11) is 2.80. The van der Waals surface area contributed by atoms with Gasteiger partial charge in [-0.05, 0) is 24.3 Å². The first-order chi connectivity index (χ1) is 13.6. The fraction of sp³-hybridized carbons (Fsp3) is 0.286. The molecule has 2 aromatic rings. The first kappa shape index (κ1) is 21.7. The first-order valence-electron chi connectivity index (χ1n) is 8.79. The van der Waals surface area contributed by atoms with E-state index in [1.807, 2.05) is 0 Å². The van der Waals surface area contributed by atoms with Crippen LogP contribution in [0, 0.1) is 5.41 Å². The molecule has 2 aromatic carbocycles. The van der Waals surface area contributed by atoms with Crippen molar-refractivity contribution in [3.05, 3.63) is 47.5 Å². The van der Waals surface area contributed by atoms with E-state index in [1.165, 1.54) is 38.5 Å². The van der Waals surface area contributed by atoms with Crippen LogP contribution in [-0.2, 0) is 4.79 Å². The minimum atomic E-state index is -1.22. The van der Waals surface area contributed by atoms with Gasteiger partial charge >= 0.3 is 5.97 Å². The van der Waals surface area contributed by atoms with Crippen molar-refractivity contribution in [2.24, 2.45) is 5.41 Å². The summed E-state index contributed by atoms with van der Waals surface area (Å²) in [5.74, 6) is -1.35. The molecule has 8 heteroatoms. The van der Waals surface area contributed by atoms with Gasteiger partial charge in [-0.15, -0.1) is 0 Å². The van der Waals surface area contributed by atoms with Crippen LogP contribution in [0.1, 0.15) is 41.5 Å². The monoisotopic (exact) mass is 400 g/mol. The van der Waals surface area contributed by atoms with E-state index in [0.717, 1.165) is 0 Å². The molecular formula is C21H24N2O6. The van der Waals surface area contributed by atoms with Crippen molar-refractivity contribution in [2.45, 2.75) is 20.8 Å². The van der Waals surface area contributed by atoms with Crippen molar-refractivity contribution in [1.82, 2.24) is 0 Å². The highest BCUT2D eigenvalue weighted by molar-refractivity contribution is 6.08. The van der Waals surface area contributed by atoms with E-state index in [-0.39, 0.29) is 28.7 Å². The molecule has 0 atom stereocenters. The van der Waals surface area contributed by atoms with E-state index in [9.17, 15) is 19.5 Å². The predicted molar refractivity (Wildman–Crippen MR) is 109 cm³/mol. The van der Waals surface area contributed by atoms with E-state index in [2.05, 4.69) is 10.6 Å². The Morgan fingerprint density at radius 2 is 1.45 bits per heavy atom. The normalized spacial score (nSPS) is 10.8. The molecule has 2 amide bonds. The second-order valence-electron chi connectivity index (χ2n) is 7.29. The van der Waals surface area contributed by atoms with Crippen molar-refractivity contribution in [2.75, 3.05) is 24.9 Å². The van der Waals surface area contributed by atoms with Gasteiger partial charge in [0.15, 0.2) is 11.5 Å². The van der Waals surface area contributed by atoms with Gasteiger partial charge < -0.3 is 25.2 Å². The summed E-state index contributed by atoms with van der Waals surface area (Å²) in [5, 5.41) is 14.8. The van der Waals surface area contributed by atoms with Crippen LogP contribution >= 0.6 is 0 Å². The molecule has 0 radical (unpaired) electrons. The highest BCUT2D eigenvalue weighted by Crippen LogP contribution is 2.33. The molecule has 8 nitrogen and oxygen atoms in total. The number of carboxylic acids is 1. The van der Waals surface area contributed by atoms with Gasteiger partial charge in [-0.1, -0.05) is 20.8 Å². The molecule has 0 heterocycles. The van der Waals surface area contributed by atoms with Crippen LogP contribution in [0.15, 0.2) is 36.4 Å². The number of hydrogen-bond acceptors (Lipinski definition) is 5. The van der Waals surface area contributed by atoms with Crippen molar-refractivity contribution in [3.63, 3.8) is 0 Å². The molecule has 0 saturated carbocycles. The van der Waals surface area contributed by atoms with Gasteiger partial charge in [0.1, 0.15) is 0 Å². The molecule has 0 aliphatic rings. The van der Waals surface area contributed by atoms with E-state index < -0.39 is 17.3 Å². The molecule has 154 valence electrons. The summed E-state index contributed by atoms with van der Waals surface area (Å²) >= 11 is 0. The number of methoxy groups -OCH3 is 2. The average Bonchev–Trinajstić information content (AvgIpc) is 2.67. The standard InChI is InChI=1S/C21H24N2O6/c1-21(2,3)20(27)22-13-8-6-12(7-9-13)18(24)23-15-11-17(29-5)16(28-4)10-14(15)19(25)26/h6-11H,1-5H3,(H,22,27)(H,23,24)(H,25,26). The Hall–Kier alpha value is -3.55. The SMILES string of the molecule is COc1cc(NC(=O)c2ccc(NC(=O)C(C)(C)C)cc2)c(C(=O)O)cc1OC. The van der Waals surface area contributed by atoms with Gasteiger partial charge in [-0.2, -0.15) is 0 Å². The van der Waals surface area contributed by atoms with Gasteiger partial charge in [-0.3, -0.25) is 9.59 Å². The number of rotatable bonds is 6. The second kappa shape index (κ2) is 8.64. The van der Waals surface area contributed by atoms with Crippen molar-refractivity contribution in [1.29, 1.82) is 0 Å². The van der Waals surface area contributed by atoms with E-state index in [1.54, 1.807) is 32.9 Å². The van der Waals surface area contributed by atoms with Crippen LogP contribution in [0.3, 0.4) is 0 Å². The van der Waals surface area contributed by atoms with Gasteiger partial charge in [0.05, 0.1) is 25.5 Å². The first-order valence-corrected chi connectivity index (χ1v) is 8.79. The Balaban J connectivity index is 2.24. The maximum Gasteiger partial charge on any atom is 0.337 e. The lowest BCUT2D eigenvalue weighted by molar-refractivity contribution is -0.123. The lowest BCUT2D eigenvalue weighted by atomic mass is 9.95. The molecule has 2 rings (SSSR count). The maximum absolute atomic E-state index is 12.6. The molecule has 0 bridgehead atoms. The largest absolute Gasteiger partial charge is 0.493 e. The minimum Gasteiger partial charge on any atom is -0.493 e. The molecule has 0 spiro atoms. The van der Waals surface area contributed by atoms with Crippen LogP contribution in [0.5, 0.6) is 11.5 Å². The van der Waals surface area contributed by atoms with E-state index in [0.29, 0.717) is 11.3 Å². The summed E-state index contributed by atoms with van der Waals surface area (Å²) in [6.07, 6.45) is 0. The average molecular weight is 400 g/mol. The molecule has 0 saturated heterocycles. The topological polar surface area (TPSA) is 114 Å². The zero-order valence-electron chi connectivity index (χ0n) is 17.0. The number of hydrogen-bond donors (Lipinski definition) is 3. The van der Waals surface area contributed by atoms with Crippen LogP contribution < -0.4 is 20.1 Å². The number of nitrogens with one attached hydrogen (secondary N) is 2. The summed E-state index contributed by atoms with van der Waals surface area (Å²) in [5.41, 5.74) is 0.246. The number of aromatic carboxylic acids is 1. The molecule has 0 unspecified atom stereocenters. The molecule has 3 N–H and O–H groups in total. The highest BCUT2D eigenvalue weighted by Gasteiger charge is 2.21. The maximum atomic E-state index is 12.6. The van der Waals surface area contributed by atoms with Crippen LogP contribution in [0.25, 0.3) is 0 Å². The van der Waals surface area contributed by atoms with Crippen molar-refractivity contribution < 1.29 is 29.0 Å². The van der Waals surface area contributed by atoms with Crippen LogP contribution in [0.4, 0.5) is 11.4 Å². The highest BCUT2D eigenvalue weighted by atomic mass is 16.5. The summed E-state index contributed by atoms with van der Waals surface area (Å²) < 4.78 is 10.3. The number of anilines is 2. The van der Waals surface area contributed by atoms with Crippen LogP contribution in [-0.4, -0.2) is 37.1 Å². The Bertz CT molecular complexity index is 929. The summed E-state index contributed by atoms with van der Waals surface area (Å²) in [6.45, 7) is 5.40. The van der Waals surface area contributed by atoms with E-state index >= 15 is 0 Å². The molecule has 0 aromatic heterocycles. The molecule has 0 aliphatic heterocycles. The van der Waals surface area contributed by atoms with Gasteiger partial charge in [0.2, 0.25) is 5.91 Å². The smallest absolute Gasteiger partial charge is 0.337 e. The fourth-order valence-corrected chi connectivity index (χ4v) is 2.38. The third-order valence-electron chi connectivity index (χ3n) is 4.09. The van der Waals surface area contributed by atoms with E-state index in [4.69, 9.17) is 9.47 Å². The molecule has 29 heavy (non-hydrogen) atoms. The fourth-order valence-electron chi connectivity index (χ4n) is 2.38. The Morgan fingerprint density at radius 1 is 0.897 bits per heavy atom. The minimum absolute atomic E-state index is 0.0743. The molecule has 0 aliphatic carbocycles. The molecular weight excluding hydrogens is 376 g/mol. The summed E-state index contributed by atoms with van der Waals surface area (Å²) in [6, 6.07) is 8.94. The third-order valence-corrected chi connectivity index (χ3v) is 4.09. The van der Waals surface area contributed by atoms with Gasteiger partial charge in [0, 0.05) is 28.8 Å². The molecule has 0 fully saturated rings. The third kappa shape index (κ3) is 5.25. The number of carbonyl (C=O) groups is 3. The quantitative estimate of drug-likeness (QED) is 0.682. The Morgan fingerprint density at radius 3 is 1.93 bits per heavy atom. The van der Waals surface area contributed by atoms with Crippen LogP contribution in [0.2, 0.25) is 0 Å². The summed E-state index contributed by atoms with van der Waals surface area (Å²) in [4.78, 5) is 36.2. The number of carboxylic acid groups (broad SMARTS) is 1. The Labute approximate surface area is 168 Å². The lowest BCUT2D eigenvalue weighted by Gasteiger charge is -2.17. The predicted octanol–water partition coefficient (Wildman–Crippen LogP) is 3.64. The van der Waals surface area contributed by atoms with Crippen molar-refractivity contribution >= 4 is 29.2 Å². The number of amides is 2. The number of benzene rings is 2.